The minimum Gasteiger partial charge on any atom is -0.422 e. The first kappa shape index (κ1) is 18.1. The van der Waals surface area contributed by atoms with Crippen LogP contribution >= 0.6 is 11.3 Å². The summed E-state index contributed by atoms with van der Waals surface area (Å²) in [7, 11) is -2.51. The SMILES string of the molecule is CN(c1ccc(F)cc1)S(=O)(=O)c1csc(C(=O)Oc2ccccc2)c1. The lowest BCUT2D eigenvalue weighted by molar-refractivity contribution is 0.0739. The van der Waals surface area contributed by atoms with Gasteiger partial charge < -0.3 is 4.74 Å². The Balaban J connectivity index is 1.81. The van der Waals surface area contributed by atoms with Crippen molar-refractivity contribution in [1.82, 2.24) is 0 Å². The maximum atomic E-state index is 13.0. The van der Waals surface area contributed by atoms with E-state index in [9.17, 15) is 17.6 Å². The Morgan fingerprint density at radius 2 is 1.73 bits per heavy atom. The van der Waals surface area contributed by atoms with Crippen molar-refractivity contribution < 1.29 is 22.3 Å². The lowest BCUT2D eigenvalue weighted by Gasteiger charge is -2.18. The molecule has 8 heteroatoms. The van der Waals surface area contributed by atoms with Crippen LogP contribution in [0.2, 0.25) is 0 Å². The molecular weight excluding hydrogens is 377 g/mol. The number of carbonyl (C=O) groups is 1. The third-order valence-electron chi connectivity index (χ3n) is 3.58. The monoisotopic (exact) mass is 391 g/mol. The molecule has 0 spiro atoms. The number of thiophene rings is 1. The fourth-order valence-electron chi connectivity index (χ4n) is 2.15. The van der Waals surface area contributed by atoms with Gasteiger partial charge in [-0.05, 0) is 42.5 Å². The molecule has 0 N–H and O–H groups in total. The second kappa shape index (κ2) is 7.27. The number of ether oxygens (including phenoxy) is 1. The summed E-state index contributed by atoms with van der Waals surface area (Å²) in [6.07, 6.45) is 0. The van der Waals surface area contributed by atoms with E-state index in [1.54, 1.807) is 30.3 Å². The molecule has 1 aromatic heterocycles. The molecule has 0 aliphatic heterocycles. The van der Waals surface area contributed by atoms with E-state index in [2.05, 4.69) is 0 Å². The number of para-hydroxylation sites is 1. The number of halogens is 1. The van der Waals surface area contributed by atoms with Gasteiger partial charge in [0.15, 0.2) is 0 Å². The molecule has 1 heterocycles. The van der Waals surface area contributed by atoms with Crippen LogP contribution in [0.15, 0.2) is 70.9 Å². The number of rotatable bonds is 5. The van der Waals surface area contributed by atoms with Crippen LogP contribution < -0.4 is 9.04 Å². The van der Waals surface area contributed by atoms with Crippen molar-refractivity contribution in [3.63, 3.8) is 0 Å². The van der Waals surface area contributed by atoms with Gasteiger partial charge in [-0.25, -0.2) is 17.6 Å². The molecule has 26 heavy (non-hydrogen) atoms. The van der Waals surface area contributed by atoms with E-state index in [-0.39, 0.29) is 9.77 Å². The maximum absolute atomic E-state index is 13.0. The fourth-order valence-corrected chi connectivity index (χ4v) is 4.49. The van der Waals surface area contributed by atoms with Crippen LogP contribution in [0.1, 0.15) is 9.67 Å². The number of carbonyl (C=O) groups excluding carboxylic acids is 1. The standard InChI is InChI=1S/C18H14FNO4S2/c1-20(14-9-7-13(19)8-10-14)26(22,23)16-11-17(25-12-16)18(21)24-15-5-3-2-4-6-15/h2-12H,1H3. The zero-order valence-corrected chi connectivity index (χ0v) is 15.3. The van der Waals surface area contributed by atoms with E-state index in [4.69, 9.17) is 4.74 Å². The number of benzene rings is 2. The molecule has 0 unspecified atom stereocenters. The second-order valence-electron chi connectivity index (χ2n) is 5.30. The van der Waals surface area contributed by atoms with Gasteiger partial charge in [0.2, 0.25) is 0 Å². The summed E-state index contributed by atoms with van der Waals surface area (Å²) in [5.41, 5.74) is 0.311. The average molecular weight is 391 g/mol. The predicted octanol–water partition coefficient (Wildman–Crippen LogP) is 3.93. The largest absolute Gasteiger partial charge is 0.422 e. The Morgan fingerprint density at radius 3 is 2.38 bits per heavy atom. The van der Waals surface area contributed by atoms with Crippen molar-refractivity contribution in [3.8, 4) is 5.75 Å². The summed E-state index contributed by atoms with van der Waals surface area (Å²) in [5.74, 6) is -0.716. The summed E-state index contributed by atoms with van der Waals surface area (Å²) >= 11 is 0.978. The van der Waals surface area contributed by atoms with Gasteiger partial charge in [0, 0.05) is 12.4 Å². The molecule has 0 amide bonds. The van der Waals surface area contributed by atoms with Crippen LogP contribution in [-0.4, -0.2) is 21.4 Å². The number of anilines is 1. The molecule has 134 valence electrons. The Kier molecular flexibility index (Phi) is 5.06. The van der Waals surface area contributed by atoms with E-state index >= 15 is 0 Å². The first-order valence-corrected chi connectivity index (χ1v) is 9.80. The Morgan fingerprint density at radius 1 is 1.08 bits per heavy atom. The van der Waals surface area contributed by atoms with Crippen molar-refractivity contribution in [1.29, 1.82) is 0 Å². The molecule has 0 bridgehead atoms. The number of hydrogen-bond donors (Lipinski definition) is 0. The van der Waals surface area contributed by atoms with Gasteiger partial charge in [-0.2, -0.15) is 0 Å². The maximum Gasteiger partial charge on any atom is 0.353 e. The van der Waals surface area contributed by atoms with Gasteiger partial charge in [0.1, 0.15) is 16.4 Å². The third-order valence-corrected chi connectivity index (χ3v) is 6.40. The number of sulfonamides is 1. The van der Waals surface area contributed by atoms with Gasteiger partial charge in [-0.1, -0.05) is 18.2 Å². The molecule has 3 aromatic rings. The smallest absolute Gasteiger partial charge is 0.353 e. The van der Waals surface area contributed by atoms with Crippen LogP contribution in [0.3, 0.4) is 0 Å². The molecule has 0 fully saturated rings. The number of esters is 1. The summed E-state index contributed by atoms with van der Waals surface area (Å²) in [6.45, 7) is 0. The van der Waals surface area contributed by atoms with Gasteiger partial charge in [0.05, 0.1) is 10.6 Å². The van der Waals surface area contributed by atoms with Gasteiger partial charge in [-0.15, -0.1) is 11.3 Å². The molecule has 0 aliphatic rings. The van der Waals surface area contributed by atoms with E-state index in [1.807, 2.05) is 0 Å². The lowest BCUT2D eigenvalue weighted by atomic mass is 10.3. The van der Waals surface area contributed by atoms with Crippen molar-refractivity contribution in [2.75, 3.05) is 11.4 Å². The first-order chi connectivity index (χ1) is 12.4. The van der Waals surface area contributed by atoms with E-state index in [0.29, 0.717) is 11.4 Å². The molecule has 5 nitrogen and oxygen atoms in total. The highest BCUT2D eigenvalue weighted by Gasteiger charge is 2.24. The highest BCUT2D eigenvalue weighted by molar-refractivity contribution is 7.93. The van der Waals surface area contributed by atoms with Crippen LogP contribution in [0.5, 0.6) is 5.75 Å². The molecule has 2 aromatic carbocycles. The Labute approximate surface area is 154 Å². The van der Waals surface area contributed by atoms with E-state index < -0.39 is 21.8 Å². The third kappa shape index (κ3) is 3.76. The van der Waals surface area contributed by atoms with Crippen molar-refractivity contribution in [2.45, 2.75) is 4.90 Å². The van der Waals surface area contributed by atoms with Crippen LogP contribution in [0.4, 0.5) is 10.1 Å². The van der Waals surface area contributed by atoms with Gasteiger partial charge >= 0.3 is 5.97 Å². The predicted molar refractivity (Wildman–Crippen MR) is 97.7 cm³/mol. The topological polar surface area (TPSA) is 63.7 Å². The summed E-state index contributed by atoms with van der Waals surface area (Å²) in [5, 5.41) is 1.37. The second-order valence-corrected chi connectivity index (χ2v) is 8.18. The number of nitrogens with zero attached hydrogens (tertiary/aromatic N) is 1. The zero-order valence-electron chi connectivity index (χ0n) is 13.6. The van der Waals surface area contributed by atoms with Crippen LogP contribution in [0.25, 0.3) is 0 Å². The molecule has 0 aliphatic carbocycles. The first-order valence-electron chi connectivity index (χ1n) is 7.48. The highest BCUT2D eigenvalue weighted by Crippen LogP contribution is 2.26. The summed E-state index contributed by atoms with van der Waals surface area (Å²) < 4.78 is 44.7. The van der Waals surface area contributed by atoms with Gasteiger partial charge in [0.25, 0.3) is 10.0 Å². The van der Waals surface area contributed by atoms with Crippen LogP contribution in [0, 0.1) is 5.82 Å². The van der Waals surface area contributed by atoms with Gasteiger partial charge in [-0.3, -0.25) is 4.31 Å². The lowest BCUT2D eigenvalue weighted by Crippen LogP contribution is -2.26. The van der Waals surface area contributed by atoms with Crippen LogP contribution in [-0.2, 0) is 10.0 Å². The normalized spacial score (nSPS) is 11.2. The molecule has 3 rings (SSSR count). The molecule has 0 atom stereocenters. The fraction of sp³-hybridized carbons (Fsp3) is 0.0556. The van der Waals surface area contributed by atoms with Crippen molar-refractivity contribution in [2.24, 2.45) is 0 Å². The zero-order chi connectivity index (χ0) is 18.7. The van der Waals surface area contributed by atoms with Crippen molar-refractivity contribution >= 4 is 33.0 Å². The van der Waals surface area contributed by atoms with Crippen molar-refractivity contribution in [3.05, 3.63) is 76.7 Å². The minimum absolute atomic E-state index is 0.0330. The van der Waals surface area contributed by atoms with E-state index in [1.165, 1.54) is 42.8 Å². The quantitative estimate of drug-likeness (QED) is 0.488. The molecule has 0 radical (unpaired) electrons. The molecule has 0 saturated heterocycles. The highest BCUT2D eigenvalue weighted by atomic mass is 32.2. The average Bonchev–Trinajstić information content (AvgIpc) is 3.14. The van der Waals surface area contributed by atoms with E-state index in [0.717, 1.165) is 15.6 Å². The summed E-state index contributed by atoms with van der Waals surface area (Å²) in [4.78, 5) is 12.3. The molecule has 0 saturated carbocycles. The molecular formula is C18H14FNO4S2. The summed E-state index contributed by atoms with van der Waals surface area (Å²) in [6, 6.07) is 14.9. The minimum atomic E-state index is -3.88. The Bertz CT molecular complexity index is 1010. The Hall–Kier alpha value is -2.71. The number of hydrogen-bond acceptors (Lipinski definition) is 5.